The van der Waals surface area contributed by atoms with E-state index in [9.17, 15) is 9.59 Å². The van der Waals surface area contributed by atoms with E-state index in [2.05, 4.69) is 4.74 Å². The topological polar surface area (TPSA) is 52.6 Å². The Hall–Kier alpha value is -1.55. The van der Waals surface area contributed by atoms with Gasteiger partial charge < -0.3 is 9.47 Å². The minimum Gasteiger partial charge on any atom is -0.458 e. The van der Waals surface area contributed by atoms with Crippen LogP contribution in [0.2, 0.25) is 0 Å². The van der Waals surface area contributed by atoms with Crippen molar-refractivity contribution < 1.29 is 19.1 Å². The fourth-order valence-electron chi connectivity index (χ4n) is 0.914. The summed E-state index contributed by atoms with van der Waals surface area (Å²) in [5.41, 5.74) is -0.458. The molecule has 0 aromatic heterocycles. The van der Waals surface area contributed by atoms with E-state index in [-0.39, 0.29) is 13.2 Å². The summed E-state index contributed by atoms with van der Waals surface area (Å²) in [6.45, 7) is -0.0485. The number of hydrogen-bond acceptors (Lipinski definition) is 4. The number of ether oxygens (including phenoxy) is 2. The molecule has 0 radical (unpaired) electrons. The van der Waals surface area contributed by atoms with E-state index in [0.29, 0.717) is 5.56 Å². The molecule has 0 bridgehead atoms. The number of esters is 1. The number of carbonyl (C=O) groups is 2. The van der Waals surface area contributed by atoms with Crippen molar-refractivity contribution in [1.29, 1.82) is 0 Å². The Kier molecular flexibility index (Phi) is 4.63. The summed E-state index contributed by atoms with van der Waals surface area (Å²) >= 11 is 4.91. The van der Waals surface area contributed by atoms with Gasteiger partial charge in [0.05, 0.1) is 5.56 Å². The van der Waals surface area contributed by atoms with E-state index >= 15 is 0 Å². The van der Waals surface area contributed by atoms with Gasteiger partial charge in [-0.15, -0.1) is 0 Å². The van der Waals surface area contributed by atoms with Gasteiger partial charge in [0.25, 0.3) is 0 Å². The lowest BCUT2D eigenvalue weighted by Crippen LogP contribution is -2.11. The third-order valence-corrected chi connectivity index (χ3v) is 1.65. The standard InChI is InChI=1S/C10H9ClO4/c11-10(13)15-7-6-14-9(12)8-4-2-1-3-5-8/h1-5H,6-7H2. The number of halogens is 1. The third kappa shape index (κ3) is 4.46. The van der Waals surface area contributed by atoms with Gasteiger partial charge in [-0.1, -0.05) is 18.2 Å². The normalized spacial score (nSPS) is 9.40. The van der Waals surface area contributed by atoms with Gasteiger partial charge in [-0.2, -0.15) is 0 Å². The highest BCUT2D eigenvalue weighted by Crippen LogP contribution is 2.00. The maximum atomic E-state index is 11.3. The van der Waals surface area contributed by atoms with Crippen molar-refractivity contribution in [2.45, 2.75) is 0 Å². The number of carbonyl (C=O) groups excluding carboxylic acids is 2. The summed E-state index contributed by atoms with van der Waals surface area (Å²) in [5, 5.41) is 0. The van der Waals surface area contributed by atoms with Crippen molar-refractivity contribution in [2.75, 3.05) is 13.2 Å². The van der Waals surface area contributed by atoms with Gasteiger partial charge in [0.15, 0.2) is 0 Å². The molecule has 1 aromatic carbocycles. The first-order valence-corrected chi connectivity index (χ1v) is 4.62. The molecule has 0 N–H and O–H groups in total. The lowest BCUT2D eigenvalue weighted by Gasteiger charge is -2.03. The number of benzene rings is 1. The van der Waals surface area contributed by atoms with E-state index in [4.69, 9.17) is 16.3 Å². The predicted octanol–water partition coefficient (Wildman–Crippen LogP) is 2.22. The molecule has 0 heterocycles. The molecule has 0 fully saturated rings. The molecule has 0 amide bonds. The summed E-state index contributed by atoms with van der Waals surface area (Å²) in [5.74, 6) is -0.457. The van der Waals surface area contributed by atoms with Crippen LogP contribution >= 0.6 is 11.6 Å². The van der Waals surface area contributed by atoms with Gasteiger partial charge in [-0.05, 0) is 12.1 Å². The molecule has 15 heavy (non-hydrogen) atoms. The van der Waals surface area contributed by atoms with Gasteiger partial charge in [0.1, 0.15) is 13.2 Å². The molecule has 4 nitrogen and oxygen atoms in total. The summed E-state index contributed by atoms with van der Waals surface area (Å²) in [6, 6.07) is 8.53. The second-order valence-corrected chi connectivity index (χ2v) is 2.90. The molecule has 0 atom stereocenters. The van der Waals surface area contributed by atoms with E-state index in [1.807, 2.05) is 0 Å². The lowest BCUT2D eigenvalue weighted by atomic mass is 10.2. The SMILES string of the molecule is O=C(Cl)OCCOC(=O)c1ccccc1. The minimum atomic E-state index is -0.911. The van der Waals surface area contributed by atoms with Crippen LogP contribution in [0.1, 0.15) is 10.4 Å². The van der Waals surface area contributed by atoms with E-state index in [1.54, 1.807) is 30.3 Å². The molecule has 0 saturated heterocycles. The Morgan fingerprint density at radius 1 is 1.07 bits per heavy atom. The van der Waals surface area contributed by atoms with Gasteiger partial charge >= 0.3 is 11.4 Å². The van der Waals surface area contributed by atoms with Crippen LogP contribution < -0.4 is 0 Å². The third-order valence-electron chi connectivity index (χ3n) is 1.54. The molecular weight excluding hydrogens is 220 g/mol. The molecule has 1 rings (SSSR count). The fourth-order valence-corrected chi connectivity index (χ4v) is 0.991. The zero-order valence-electron chi connectivity index (χ0n) is 7.81. The second-order valence-electron chi connectivity index (χ2n) is 2.59. The number of hydrogen-bond donors (Lipinski definition) is 0. The summed E-state index contributed by atoms with van der Waals surface area (Å²) in [6.07, 6.45) is 0. The predicted molar refractivity (Wildman–Crippen MR) is 53.9 cm³/mol. The van der Waals surface area contributed by atoms with Gasteiger partial charge in [-0.3, -0.25) is 0 Å². The maximum Gasteiger partial charge on any atom is 0.403 e. The molecule has 5 heteroatoms. The molecule has 80 valence electrons. The highest BCUT2D eigenvalue weighted by molar-refractivity contribution is 6.61. The number of rotatable bonds is 4. The molecular formula is C10H9ClO4. The Labute approximate surface area is 91.7 Å². The van der Waals surface area contributed by atoms with Gasteiger partial charge in [0, 0.05) is 11.6 Å². The second kappa shape index (κ2) is 6.03. The first-order valence-electron chi connectivity index (χ1n) is 4.24. The van der Waals surface area contributed by atoms with Crippen LogP contribution in [0.3, 0.4) is 0 Å². The molecule has 1 aromatic rings. The van der Waals surface area contributed by atoms with Gasteiger partial charge in [0.2, 0.25) is 0 Å². The van der Waals surface area contributed by atoms with Crippen LogP contribution in [0.5, 0.6) is 0 Å². The largest absolute Gasteiger partial charge is 0.458 e. The molecule has 0 saturated carbocycles. The molecule has 0 spiro atoms. The summed E-state index contributed by atoms with van der Waals surface area (Å²) in [7, 11) is 0. The minimum absolute atomic E-state index is 0.00775. The van der Waals surface area contributed by atoms with Crippen LogP contribution in [0.4, 0.5) is 4.79 Å². The maximum absolute atomic E-state index is 11.3. The Bertz CT molecular complexity index is 337. The Balaban J connectivity index is 2.28. The van der Waals surface area contributed by atoms with E-state index in [1.165, 1.54) is 0 Å². The average Bonchev–Trinajstić information content (AvgIpc) is 2.25. The van der Waals surface area contributed by atoms with Crippen molar-refractivity contribution >= 4 is 23.0 Å². The molecule has 0 aliphatic heterocycles. The van der Waals surface area contributed by atoms with Crippen molar-refractivity contribution in [3.05, 3.63) is 35.9 Å². The van der Waals surface area contributed by atoms with Crippen molar-refractivity contribution in [3.8, 4) is 0 Å². The average molecular weight is 229 g/mol. The Morgan fingerprint density at radius 3 is 2.27 bits per heavy atom. The fraction of sp³-hybridized carbons (Fsp3) is 0.200. The summed E-state index contributed by atoms with van der Waals surface area (Å²) in [4.78, 5) is 21.5. The first-order chi connectivity index (χ1) is 7.20. The van der Waals surface area contributed by atoms with Crippen LogP contribution in [0.15, 0.2) is 30.3 Å². The zero-order chi connectivity index (χ0) is 11.1. The highest BCUT2D eigenvalue weighted by Gasteiger charge is 2.05. The first kappa shape index (κ1) is 11.5. The smallest absolute Gasteiger partial charge is 0.403 e. The van der Waals surface area contributed by atoms with Gasteiger partial charge in [-0.25, -0.2) is 9.59 Å². The van der Waals surface area contributed by atoms with Crippen LogP contribution in [-0.2, 0) is 9.47 Å². The van der Waals surface area contributed by atoms with Crippen molar-refractivity contribution in [2.24, 2.45) is 0 Å². The van der Waals surface area contributed by atoms with Crippen LogP contribution in [0.25, 0.3) is 0 Å². The van der Waals surface area contributed by atoms with E-state index < -0.39 is 11.4 Å². The molecule has 0 unspecified atom stereocenters. The quantitative estimate of drug-likeness (QED) is 0.451. The van der Waals surface area contributed by atoms with Crippen molar-refractivity contribution in [1.82, 2.24) is 0 Å². The summed E-state index contributed by atoms with van der Waals surface area (Å²) < 4.78 is 9.18. The van der Waals surface area contributed by atoms with Crippen LogP contribution in [-0.4, -0.2) is 24.6 Å². The Morgan fingerprint density at radius 2 is 1.67 bits per heavy atom. The van der Waals surface area contributed by atoms with Crippen molar-refractivity contribution in [3.63, 3.8) is 0 Å². The lowest BCUT2D eigenvalue weighted by molar-refractivity contribution is 0.0420. The molecule has 0 aliphatic rings. The highest BCUT2D eigenvalue weighted by atomic mass is 35.5. The van der Waals surface area contributed by atoms with Crippen LogP contribution in [0, 0.1) is 0 Å². The zero-order valence-corrected chi connectivity index (χ0v) is 8.57. The van der Waals surface area contributed by atoms with E-state index in [0.717, 1.165) is 0 Å². The molecule has 0 aliphatic carbocycles. The monoisotopic (exact) mass is 228 g/mol.